The summed E-state index contributed by atoms with van der Waals surface area (Å²) in [6.45, 7) is 1.87. The van der Waals surface area contributed by atoms with Crippen molar-refractivity contribution in [3.05, 3.63) is 28.8 Å². The van der Waals surface area contributed by atoms with Crippen molar-refractivity contribution in [2.45, 2.75) is 25.7 Å². The van der Waals surface area contributed by atoms with E-state index in [0.717, 1.165) is 0 Å². The summed E-state index contributed by atoms with van der Waals surface area (Å²) in [6, 6.07) is 3.79. The minimum atomic E-state index is -4.74. The summed E-state index contributed by atoms with van der Waals surface area (Å²) >= 11 is 5.66. The second-order valence-electron chi connectivity index (χ2n) is 3.25. The van der Waals surface area contributed by atoms with Crippen molar-refractivity contribution in [2.24, 2.45) is 5.73 Å². The first kappa shape index (κ1) is 13.1. The van der Waals surface area contributed by atoms with Crippen LogP contribution in [0.3, 0.4) is 0 Å². The molecule has 1 aromatic carbocycles. The van der Waals surface area contributed by atoms with Gasteiger partial charge in [-0.25, -0.2) is 0 Å². The molecule has 0 amide bonds. The molecule has 0 saturated heterocycles. The van der Waals surface area contributed by atoms with E-state index >= 15 is 0 Å². The zero-order valence-corrected chi connectivity index (χ0v) is 9.27. The van der Waals surface area contributed by atoms with Crippen LogP contribution in [0.1, 0.15) is 24.9 Å². The van der Waals surface area contributed by atoms with Crippen molar-refractivity contribution < 1.29 is 17.9 Å². The molecule has 6 heteroatoms. The topological polar surface area (TPSA) is 35.2 Å². The lowest BCUT2D eigenvalue weighted by molar-refractivity contribution is -0.274. The molecule has 90 valence electrons. The van der Waals surface area contributed by atoms with Crippen molar-refractivity contribution in [3.63, 3.8) is 0 Å². The van der Waals surface area contributed by atoms with Crippen LogP contribution >= 0.6 is 11.6 Å². The van der Waals surface area contributed by atoms with Gasteiger partial charge in [-0.05, 0) is 24.1 Å². The summed E-state index contributed by atoms with van der Waals surface area (Å²) in [6.07, 6.45) is -4.06. The minimum Gasteiger partial charge on any atom is -0.404 e. The molecule has 0 spiro atoms. The van der Waals surface area contributed by atoms with Crippen LogP contribution in [0.2, 0.25) is 5.02 Å². The highest BCUT2D eigenvalue weighted by Crippen LogP contribution is 2.32. The lowest BCUT2D eigenvalue weighted by Crippen LogP contribution is -2.17. The summed E-state index contributed by atoms with van der Waals surface area (Å²) < 4.78 is 39.6. The Morgan fingerprint density at radius 3 is 2.50 bits per heavy atom. The van der Waals surface area contributed by atoms with E-state index in [1.54, 1.807) is 0 Å². The Labute approximate surface area is 96.1 Å². The van der Waals surface area contributed by atoms with Crippen molar-refractivity contribution >= 4 is 11.6 Å². The van der Waals surface area contributed by atoms with Gasteiger partial charge in [-0.3, -0.25) is 0 Å². The highest BCUT2D eigenvalue weighted by atomic mass is 35.5. The van der Waals surface area contributed by atoms with E-state index in [-0.39, 0.29) is 11.1 Å². The number of alkyl halides is 3. The molecule has 1 aromatic rings. The fourth-order valence-corrected chi connectivity index (χ4v) is 1.42. The molecular formula is C10H11ClF3NO. The molecule has 0 aromatic heterocycles. The first-order chi connectivity index (χ1) is 7.33. The first-order valence-electron chi connectivity index (χ1n) is 4.64. The van der Waals surface area contributed by atoms with Gasteiger partial charge in [0.1, 0.15) is 5.75 Å². The molecule has 0 bridgehead atoms. The van der Waals surface area contributed by atoms with E-state index in [1.807, 2.05) is 6.92 Å². The lowest BCUT2D eigenvalue weighted by atomic mass is 10.1. The van der Waals surface area contributed by atoms with Gasteiger partial charge in [-0.2, -0.15) is 0 Å². The lowest BCUT2D eigenvalue weighted by Gasteiger charge is -2.13. The molecule has 0 radical (unpaired) electrons. The molecule has 0 aliphatic rings. The third-order valence-corrected chi connectivity index (χ3v) is 2.34. The Morgan fingerprint density at radius 1 is 1.44 bits per heavy atom. The fraction of sp³-hybridized carbons (Fsp3) is 0.400. The zero-order valence-electron chi connectivity index (χ0n) is 8.51. The maximum atomic E-state index is 11.9. The van der Waals surface area contributed by atoms with Crippen molar-refractivity contribution in [1.82, 2.24) is 0 Å². The molecule has 0 heterocycles. The van der Waals surface area contributed by atoms with Crippen LogP contribution in [0, 0.1) is 0 Å². The van der Waals surface area contributed by atoms with Crippen molar-refractivity contribution in [2.75, 3.05) is 0 Å². The Morgan fingerprint density at radius 2 is 2.06 bits per heavy atom. The van der Waals surface area contributed by atoms with E-state index in [0.29, 0.717) is 12.0 Å². The molecule has 2 nitrogen and oxygen atoms in total. The molecular weight excluding hydrogens is 243 g/mol. The standard InChI is InChI=1S/C10H11ClF3NO/c1-2-8(15)6-3-4-9(7(11)5-6)16-10(12,13)14/h3-5,8H,2,15H2,1H3/t8-/m0/s1. The normalized spacial score (nSPS) is 13.6. The van der Waals surface area contributed by atoms with Crippen LogP contribution in [0.25, 0.3) is 0 Å². The van der Waals surface area contributed by atoms with Crippen LogP contribution in [0.5, 0.6) is 5.75 Å². The predicted molar refractivity (Wildman–Crippen MR) is 55.4 cm³/mol. The molecule has 0 fully saturated rings. The number of halogens is 4. The molecule has 1 rings (SSSR count). The average Bonchev–Trinajstić information content (AvgIpc) is 2.18. The van der Waals surface area contributed by atoms with Gasteiger partial charge in [0.2, 0.25) is 0 Å². The Hall–Kier alpha value is -0.940. The molecule has 0 aliphatic heterocycles. The van der Waals surface area contributed by atoms with Gasteiger partial charge in [0.05, 0.1) is 5.02 Å². The Kier molecular flexibility index (Phi) is 4.04. The van der Waals surface area contributed by atoms with Gasteiger partial charge in [0, 0.05) is 6.04 Å². The van der Waals surface area contributed by atoms with E-state index < -0.39 is 12.1 Å². The predicted octanol–water partition coefficient (Wildman–Crippen LogP) is 3.65. The molecule has 0 unspecified atom stereocenters. The fourth-order valence-electron chi connectivity index (χ4n) is 1.19. The summed E-state index contributed by atoms with van der Waals surface area (Å²) in [5.74, 6) is -0.416. The van der Waals surface area contributed by atoms with Gasteiger partial charge in [-0.15, -0.1) is 13.2 Å². The second kappa shape index (κ2) is 4.93. The van der Waals surface area contributed by atoms with Gasteiger partial charge in [0.15, 0.2) is 0 Å². The van der Waals surface area contributed by atoms with Crippen LogP contribution in [0.15, 0.2) is 18.2 Å². The molecule has 2 N–H and O–H groups in total. The van der Waals surface area contributed by atoms with Crippen LogP contribution in [-0.4, -0.2) is 6.36 Å². The highest BCUT2D eigenvalue weighted by Gasteiger charge is 2.32. The number of hydrogen-bond acceptors (Lipinski definition) is 2. The second-order valence-corrected chi connectivity index (χ2v) is 3.66. The molecule has 1 atom stereocenters. The summed E-state index contributed by atoms with van der Waals surface area (Å²) in [7, 11) is 0. The zero-order chi connectivity index (χ0) is 12.3. The van der Waals surface area contributed by atoms with Crippen LogP contribution < -0.4 is 10.5 Å². The monoisotopic (exact) mass is 253 g/mol. The number of nitrogens with two attached hydrogens (primary N) is 1. The van der Waals surface area contributed by atoms with Crippen LogP contribution in [-0.2, 0) is 0 Å². The first-order valence-corrected chi connectivity index (χ1v) is 5.02. The Balaban J connectivity index is 2.92. The van der Waals surface area contributed by atoms with E-state index in [2.05, 4.69) is 4.74 Å². The third kappa shape index (κ3) is 3.57. The number of rotatable bonds is 3. The minimum absolute atomic E-state index is 0.0984. The van der Waals surface area contributed by atoms with E-state index in [9.17, 15) is 13.2 Å². The van der Waals surface area contributed by atoms with Crippen LogP contribution in [0.4, 0.5) is 13.2 Å². The van der Waals surface area contributed by atoms with Gasteiger partial charge < -0.3 is 10.5 Å². The summed E-state index contributed by atoms with van der Waals surface area (Å²) in [5, 5.41) is -0.0984. The largest absolute Gasteiger partial charge is 0.573 e. The average molecular weight is 254 g/mol. The maximum absolute atomic E-state index is 11.9. The van der Waals surface area contributed by atoms with Gasteiger partial charge in [0.25, 0.3) is 0 Å². The number of ether oxygens (including phenoxy) is 1. The molecule has 0 aliphatic carbocycles. The molecule has 0 saturated carbocycles. The van der Waals surface area contributed by atoms with Crippen molar-refractivity contribution in [3.8, 4) is 5.75 Å². The maximum Gasteiger partial charge on any atom is 0.573 e. The quantitative estimate of drug-likeness (QED) is 0.892. The SMILES string of the molecule is CC[C@H](N)c1ccc(OC(F)(F)F)c(Cl)c1. The van der Waals surface area contributed by atoms with Crippen molar-refractivity contribution in [1.29, 1.82) is 0 Å². The summed E-state index contributed by atoms with van der Waals surface area (Å²) in [5.41, 5.74) is 6.40. The number of benzene rings is 1. The highest BCUT2D eigenvalue weighted by molar-refractivity contribution is 6.32. The van der Waals surface area contributed by atoms with Gasteiger partial charge >= 0.3 is 6.36 Å². The third-order valence-electron chi connectivity index (χ3n) is 2.05. The Bertz CT molecular complexity index is 368. The van der Waals surface area contributed by atoms with Gasteiger partial charge in [-0.1, -0.05) is 24.6 Å². The van der Waals surface area contributed by atoms with E-state index in [4.69, 9.17) is 17.3 Å². The molecule has 16 heavy (non-hydrogen) atoms. The summed E-state index contributed by atoms with van der Waals surface area (Å²) in [4.78, 5) is 0. The smallest absolute Gasteiger partial charge is 0.404 e. The number of hydrogen-bond donors (Lipinski definition) is 1. The van der Waals surface area contributed by atoms with E-state index in [1.165, 1.54) is 18.2 Å².